The molecule has 0 saturated carbocycles. The Hall–Kier alpha value is -2.78. The number of carbonyl (C=O) groups excluding carboxylic acids is 1. The second-order valence-electron chi connectivity index (χ2n) is 12.2. The Morgan fingerprint density at radius 1 is 1.13 bits per heavy atom. The molecule has 0 radical (unpaired) electrons. The molecule has 3 aliphatic heterocycles. The number of hydrogen-bond acceptors (Lipinski definition) is 7. The van der Waals surface area contributed by atoms with Crippen LogP contribution in [0.2, 0.25) is 0 Å². The first-order chi connectivity index (χ1) is 18.7. The third-order valence-corrected chi connectivity index (χ3v) is 8.64. The predicted molar refractivity (Wildman–Crippen MR) is 151 cm³/mol. The van der Waals surface area contributed by atoms with Crippen LogP contribution in [-0.4, -0.2) is 83.6 Å². The van der Waals surface area contributed by atoms with Crippen LogP contribution in [-0.2, 0) is 0 Å². The molecule has 1 N–H and O–H groups in total. The van der Waals surface area contributed by atoms with Crippen LogP contribution < -0.4 is 15.0 Å². The maximum Gasteiger partial charge on any atom is 0.258 e. The van der Waals surface area contributed by atoms with Crippen molar-refractivity contribution in [1.82, 2.24) is 25.1 Å². The number of aromatic nitrogens is 2. The van der Waals surface area contributed by atoms with Crippen LogP contribution in [0.4, 0.5) is 10.2 Å². The van der Waals surface area contributed by atoms with E-state index >= 15 is 0 Å². The van der Waals surface area contributed by atoms with Gasteiger partial charge in [-0.15, -0.1) is 0 Å². The van der Waals surface area contributed by atoms with Crippen molar-refractivity contribution in [3.63, 3.8) is 0 Å². The number of amides is 1. The van der Waals surface area contributed by atoms with Gasteiger partial charge < -0.3 is 24.8 Å². The lowest BCUT2D eigenvalue weighted by atomic mass is 9.72. The first kappa shape index (κ1) is 27.8. The Morgan fingerprint density at radius 3 is 2.49 bits per heavy atom. The summed E-state index contributed by atoms with van der Waals surface area (Å²) < 4.78 is 20.5. The molecule has 1 aromatic heterocycles. The Balaban J connectivity index is 1.26. The van der Waals surface area contributed by atoms with Crippen molar-refractivity contribution in [1.29, 1.82) is 0 Å². The third kappa shape index (κ3) is 6.19. The van der Waals surface area contributed by atoms with E-state index in [1.807, 2.05) is 27.7 Å². The van der Waals surface area contributed by atoms with E-state index in [1.165, 1.54) is 56.8 Å². The van der Waals surface area contributed by atoms with Crippen molar-refractivity contribution >= 4 is 11.7 Å². The van der Waals surface area contributed by atoms with Crippen LogP contribution in [0.1, 0.15) is 63.7 Å². The number of carbonyl (C=O) groups is 1. The molecule has 3 fully saturated rings. The largest absolute Gasteiger partial charge is 0.451 e. The van der Waals surface area contributed by atoms with Crippen molar-refractivity contribution in [3.05, 3.63) is 42.1 Å². The van der Waals surface area contributed by atoms with Gasteiger partial charge in [-0.1, -0.05) is 0 Å². The van der Waals surface area contributed by atoms with Gasteiger partial charge in [0.05, 0.1) is 11.8 Å². The first-order valence-corrected chi connectivity index (χ1v) is 14.5. The quantitative estimate of drug-likeness (QED) is 0.528. The summed E-state index contributed by atoms with van der Waals surface area (Å²) in [5, 5.41) is 3.47. The van der Waals surface area contributed by atoms with E-state index in [-0.39, 0.29) is 23.6 Å². The fraction of sp³-hybridized carbons (Fsp3) is 0.633. The molecule has 5 rings (SSSR count). The van der Waals surface area contributed by atoms with Gasteiger partial charge in [0, 0.05) is 37.1 Å². The molecule has 0 aliphatic carbocycles. The van der Waals surface area contributed by atoms with Gasteiger partial charge in [0.2, 0.25) is 0 Å². The maximum atomic E-state index is 14.3. The van der Waals surface area contributed by atoms with E-state index in [9.17, 15) is 9.18 Å². The Labute approximate surface area is 231 Å². The van der Waals surface area contributed by atoms with Crippen LogP contribution >= 0.6 is 0 Å². The molecular formula is C30H43FN6O2. The monoisotopic (exact) mass is 538 g/mol. The van der Waals surface area contributed by atoms with Gasteiger partial charge in [0.1, 0.15) is 17.9 Å². The summed E-state index contributed by atoms with van der Waals surface area (Å²) >= 11 is 0. The highest BCUT2D eigenvalue weighted by Gasteiger charge is 2.46. The molecule has 0 bridgehead atoms. The van der Waals surface area contributed by atoms with Gasteiger partial charge in [0.15, 0.2) is 11.6 Å². The van der Waals surface area contributed by atoms with Crippen molar-refractivity contribution in [2.45, 2.75) is 65.5 Å². The number of hydrogen-bond donors (Lipinski definition) is 1. The van der Waals surface area contributed by atoms with E-state index in [1.54, 1.807) is 11.1 Å². The first-order valence-electron chi connectivity index (χ1n) is 14.5. The number of halogens is 1. The zero-order chi connectivity index (χ0) is 27.6. The van der Waals surface area contributed by atoms with Gasteiger partial charge in [-0.3, -0.25) is 4.79 Å². The molecule has 8 nitrogen and oxygen atoms in total. The van der Waals surface area contributed by atoms with Gasteiger partial charge in [-0.25, -0.2) is 14.4 Å². The number of likely N-dealkylation sites (tertiary alicyclic amines) is 1. The summed E-state index contributed by atoms with van der Waals surface area (Å²) in [4.78, 5) is 28.9. The van der Waals surface area contributed by atoms with E-state index in [4.69, 9.17) is 4.74 Å². The fourth-order valence-corrected chi connectivity index (χ4v) is 6.57. The Morgan fingerprint density at radius 2 is 1.82 bits per heavy atom. The minimum Gasteiger partial charge on any atom is -0.451 e. The van der Waals surface area contributed by atoms with E-state index in [2.05, 4.69) is 25.1 Å². The lowest BCUT2D eigenvalue weighted by Gasteiger charge is -2.54. The molecule has 4 heterocycles. The zero-order valence-electron chi connectivity index (χ0n) is 23.8. The summed E-state index contributed by atoms with van der Waals surface area (Å²) in [6.07, 6.45) is 8.15. The summed E-state index contributed by atoms with van der Waals surface area (Å²) in [6, 6.07) is 4.03. The fourth-order valence-electron chi connectivity index (χ4n) is 6.57. The molecule has 3 aliphatic rings. The highest BCUT2D eigenvalue weighted by Crippen LogP contribution is 2.45. The maximum absolute atomic E-state index is 14.3. The zero-order valence-corrected chi connectivity index (χ0v) is 23.8. The summed E-state index contributed by atoms with van der Waals surface area (Å²) in [5.74, 6) is 1.61. The summed E-state index contributed by atoms with van der Waals surface area (Å²) in [5.41, 5.74) is 0.521. The lowest BCUT2D eigenvalue weighted by Crippen LogP contribution is -2.61. The average Bonchev–Trinajstić information content (AvgIpc) is 2.89. The van der Waals surface area contributed by atoms with Gasteiger partial charge in [-0.2, -0.15) is 0 Å². The molecule has 1 aromatic carbocycles. The molecular weight excluding hydrogens is 495 g/mol. The van der Waals surface area contributed by atoms with Gasteiger partial charge in [-0.05, 0) is 104 Å². The third-order valence-electron chi connectivity index (χ3n) is 8.64. The minimum atomic E-state index is -0.473. The topological polar surface area (TPSA) is 73.8 Å². The highest BCUT2D eigenvalue weighted by atomic mass is 19.1. The van der Waals surface area contributed by atoms with E-state index in [0.29, 0.717) is 16.9 Å². The van der Waals surface area contributed by atoms with Crippen LogP contribution in [0.3, 0.4) is 0 Å². The number of rotatable bonds is 8. The number of anilines is 1. The van der Waals surface area contributed by atoms with Crippen LogP contribution in [0.5, 0.6) is 11.5 Å². The molecule has 212 valence electrons. The minimum absolute atomic E-state index is 0.0346. The normalized spacial score (nSPS) is 19.9. The second kappa shape index (κ2) is 11.8. The average molecular weight is 539 g/mol. The molecule has 2 aromatic rings. The van der Waals surface area contributed by atoms with Crippen LogP contribution in [0.25, 0.3) is 0 Å². The van der Waals surface area contributed by atoms with Gasteiger partial charge in [0.25, 0.3) is 5.91 Å². The highest BCUT2D eigenvalue weighted by molar-refractivity contribution is 5.97. The van der Waals surface area contributed by atoms with Crippen molar-refractivity contribution in [2.24, 2.45) is 11.3 Å². The predicted octanol–water partition coefficient (Wildman–Crippen LogP) is 4.57. The SMILES string of the molecule is CC(C)N(C(=O)c1cc(F)ccc1Oc1cncnc1N1CC2(CCN(CC3CCNCC3)CC2)C1)C(C)C. The molecule has 3 saturated heterocycles. The molecule has 9 heteroatoms. The van der Waals surface area contributed by atoms with Crippen molar-refractivity contribution in [3.8, 4) is 11.5 Å². The summed E-state index contributed by atoms with van der Waals surface area (Å²) in [7, 11) is 0. The number of ether oxygens (including phenoxy) is 1. The molecule has 39 heavy (non-hydrogen) atoms. The van der Waals surface area contributed by atoms with Crippen molar-refractivity contribution in [2.75, 3.05) is 50.7 Å². The number of nitrogens with one attached hydrogen (secondary N) is 1. The molecule has 0 atom stereocenters. The van der Waals surface area contributed by atoms with Gasteiger partial charge >= 0.3 is 0 Å². The van der Waals surface area contributed by atoms with E-state index in [0.717, 1.165) is 51.0 Å². The molecule has 1 amide bonds. The summed E-state index contributed by atoms with van der Waals surface area (Å²) in [6.45, 7) is 15.6. The molecule has 0 unspecified atom stereocenters. The smallest absolute Gasteiger partial charge is 0.258 e. The number of benzene rings is 1. The van der Waals surface area contributed by atoms with Crippen LogP contribution in [0.15, 0.2) is 30.7 Å². The van der Waals surface area contributed by atoms with Crippen LogP contribution in [0, 0.1) is 17.2 Å². The second-order valence-corrected chi connectivity index (χ2v) is 12.2. The van der Waals surface area contributed by atoms with Crippen molar-refractivity contribution < 1.29 is 13.9 Å². The lowest BCUT2D eigenvalue weighted by molar-refractivity contribution is 0.0634. The Kier molecular flexibility index (Phi) is 8.38. The number of nitrogens with zero attached hydrogens (tertiary/aromatic N) is 5. The Bertz CT molecular complexity index is 1130. The number of piperidine rings is 2. The van der Waals surface area contributed by atoms with E-state index < -0.39 is 5.82 Å². The standard InChI is InChI=1S/C30H43FN6O2/c1-21(2)37(22(3)4)29(38)25-15-24(31)5-6-26(25)39-27-16-33-20-34-28(27)36-18-30(19-36)9-13-35(14-10-30)17-23-7-11-32-12-8-23/h5-6,15-16,20-23,32H,7-14,17-19H2,1-4H3. The molecule has 1 spiro atoms.